The van der Waals surface area contributed by atoms with Crippen LogP contribution in [0, 0.1) is 5.92 Å². The summed E-state index contributed by atoms with van der Waals surface area (Å²) < 4.78 is 0. The Bertz CT molecular complexity index is 312. The molecule has 2 N–H and O–H groups in total. The van der Waals surface area contributed by atoms with E-state index in [1.165, 1.54) is 0 Å². The molecule has 1 atom stereocenters. The highest BCUT2D eigenvalue weighted by atomic mass is 35.5. The molecule has 1 aromatic rings. The van der Waals surface area contributed by atoms with Gasteiger partial charge in [-0.25, -0.2) is 0 Å². The van der Waals surface area contributed by atoms with Crippen molar-refractivity contribution in [2.75, 3.05) is 5.73 Å². The second-order valence-corrected chi connectivity index (χ2v) is 3.58. The van der Waals surface area contributed by atoms with Crippen LogP contribution in [-0.2, 0) is 11.2 Å². The summed E-state index contributed by atoms with van der Waals surface area (Å²) in [7, 11) is 0. The Morgan fingerprint density at radius 1 is 1.62 bits per heavy atom. The van der Waals surface area contributed by atoms with E-state index in [-0.39, 0.29) is 5.92 Å². The average molecular weight is 198 g/mol. The number of anilines is 1. The minimum absolute atomic E-state index is 0.0283. The first-order valence-electron chi connectivity index (χ1n) is 4.12. The van der Waals surface area contributed by atoms with E-state index in [1.807, 2.05) is 19.1 Å². The predicted octanol–water partition coefficient (Wildman–Crippen LogP) is 2.30. The fourth-order valence-corrected chi connectivity index (χ4v) is 1.26. The highest BCUT2D eigenvalue weighted by molar-refractivity contribution is 6.33. The summed E-state index contributed by atoms with van der Waals surface area (Å²) >= 11 is 5.76. The molecule has 1 unspecified atom stereocenters. The van der Waals surface area contributed by atoms with Crippen LogP contribution in [0.15, 0.2) is 18.2 Å². The van der Waals surface area contributed by atoms with Crippen molar-refractivity contribution in [3.05, 3.63) is 28.8 Å². The minimum atomic E-state index is 0.0283. The second kappa shape index (κ2) is 4.28. The van der Waals surface area contributed by atoms with E-state index in [4.69, 9.17) is 17.3 Å². The number of benzene rings is 1. The first kappa shape index (κ1) is 10.1. The van der Waals surface area contributed by atoms with E-state index >= 15 is 0 Å². The SMILES string of the molecule is CC(C=O)Cc1ccc(Cl)c(N)c1. The molecule has 0 radical (unpaired) electrons. The lowest BCUT2D eigenvalue weighted by Gasteiger charge is -2.05. The van der Waals surface area contributed by atoms with Crippen LogP contribution >= 0.6 is 11.6 Å². The molecule has 0 aliphatic rings. The van der Waals surface area contributed by atoms with Gasteiger partial charge in [-0.05, 0) is 24.1 Å². The summed E-state index contributed by atoms with van der Waals surface area (Å²) in [5.41, 5.74) is 7.23. The predicted molar refractivity (Wildman–Crippen MR) is 54.8 cm³/mol. The zero-order valence-electron chi connectivity index (χ0n) is 7.46. The Balaban J connectivity index is 2.79. The van der Waals surface area contributed by atoms with Crippen LogP contribution in [0.25, 0.3) is 0 Å². The smallest absolute Gasteiger partial charge is 0.123 e. The van der Waals surface area contributed by atoms with E-state index in [0.29, 0.717) is 17.1 Å². The number of aldehydes is 1. The maximum atomic E-state index is 10.4. The molecule has 1 aromatic carbocycles. The van der Waals surface area contributed by atoms with Crippen LogP contribution in [0.1, 0.15) is 12.5 Å². The summed E-state index contributed by atoms with van der Waals surface area (Å²) in [6.45, 7) is 1.87. The Morgan fingerprint density at radius 2 is 2.31 bits per heavy atom. The molecular formula is C10H12ClNO. The topological polar surface area (TPSA) is 43.1 Å². The molecule has 2 nitrogen and oxygen atoms in total. The molecule has 0 aliphatic heterocycles. The van der Waals surface area contributed by atoms with Crippen molar-refractivity contribution in [3.8, 4) is 0 Å². The quantitative estimate of drug-likeness (QED) is 0.597. The zero-order chi connectivity index (χ0) is 9.84. The highest BCUT2D eigenvalue weighted by Gasteiger charge is 2.03. The molecule has 3 heteroatoms. The number of rotatable bonds is 3. The van der Waals surface area contributed by atoms with Crippen LogP contribution in [0.3, 0.4) is 0 Å². The molecule has 0 bridgehead atoms. The van der Waals surface area contributed by atoms with E-state index in [2.05, 4.69) is 0 Å². The molecule has 0 fully saturated rings. The number of carbonyl (C=O) groups excluding carboxylic acids is 1. The largest absolute Gasteiger partial charge is 0.398 e. The van der Waals surface area contributed by atoms with Crippen molar-refractivity contribution >= 4 is 23.6 Å². The van der Waals surface area contributed by atoms with Gasteiger partial charge in [0.15, 0.2) is 0 Å². The molecule has 1 rings (SSSR count). The van der Waals surface area contributed by atoms with Crippen LogP contribution in [0.5, 0.6) is 0 Å². The molecule has 0 spiro atoms. The fourth-order valence-electron chi connectivity index (χ4n) is 1.14. The van der Waals surface area contributed by atoms with Crippen LogP contribution in [-0.4, -0.2) is 6.29 Å². The third-order valence-corrected chi connectivity index (χ3v) is 2.19. The summed E-state index contributed by atoms with van der Waals surface area (Å²) in [4.78, 5) is 10.4. The molecule has 70 valence electrons. The first-order chi connectivity index (χ1) is 6.13. The fraction of sp³-hybridized carbons (Fsp3) is 0.300. The number of nitrogens with two attached hydrogens (primary N) is 1. The van der Waals surface area contributed by atoms with E-state index < -0.39 is 0 Å². The van der Waals surface area contributed by atoms with Gasteiger partial charge in [0, 0.05) is 5.92 Å². The molecule has 0 saturated carbocycles. The third-order valence-electron chi connectivity index (χ3n) is 1.85. The Hall–Kier alpha value is -1.02. The second-order valence-electron chi connectivity index (χ2n) is 3.17. The lowest BCUT2D eigenvalue weighted by atomic mass is 10.0. The van der Waals surface area contributed by atoms with E-state index in [1.54, 1.807) is 6.07 Å². The lowest BCUT2D eigenvalue weighted by Crippen LogP contribution is -2.01. The van der Waals surface area contributed by atoms with Crippen molar-refractivity contribution in [2.45, 2.75) is 13.3 Å². The van der Waals surface area contributed by atoms with Gasteiger partial charge in [0.25, 0.3) is 0 Å². The first-order valence-corrected chi connectivity index (χ1v) is 4.50. The van der Waals surface area contributed by atoms with Gasteiger partial charge >= 0.3 is 0 Å². The zero-order valence-corrected chi connectivity index (χ0v) is 8.21. The van der Waals surface area contributed by atoms with E-state index in [0.717, 1.165) is 11.8 Å². The number of halogens is 1. The summed E-state index contributed by atoms with van der Waals surface area (Å²) in [6, 6.07) is 5.45. The molecule has 0 saturated heterocycles. The maximum Gasteiger partial charge on any atom is 0.123 e. The van der Waals surface area contributed by atoms with Gasteiger partial charge in [0.05, 0.1) is 10.7 Å². The van der Waals surface area contributed by atoms with Crippen molar-refractivity contribution in [3.63, 3.8) is 0 Å². The number of hydrogen-bond acceptors (Lipinski definition) is 2. The lowest BCUT2D eigenvalue weighted by molar-refractivity contribution is -0.110. The van der Waals surface area contributed by atoms with Gasteiger partial charge in [-0.15, -0.1) is 0 Å². The van der Waals surface area contributed by atoms with Gasteiger partial charge in [-0.2, -0.15) is 0 Å². The standard InChI is InChI=1S/C10H12ClNO/c1-7(6-13)4-8-2-3-9(11)10(12)5-8/h2-3,5-7H,4,12H2,1H3. The molecule has 0 amide bonds. The van der Waals surface area contributed by atoms with Crippen LogP contribution in [0.2, 0.25) is 5.02 Å². The molecule has 0 aromatic heterocycles. The normalized spacial score (nSPS) is 12.5. The molecule has 0 heterocycles. The van der Waals surface area contributed by atoms with Crippen molar-refractivity contribution in [2.24, 2.45) is 5.92 Å². The third kappa shape index (κ3) is 2.74. The Kier molecular flexibility index (Phi) is 3.32. The summed E-state index contributed by atoms with van der Waals surface area (Å²) in [6.07, 6.45) is 1.65. The van der Waals surface area contributed by atoms with Crippen LogP contribution < -0.4 is 5.73 Å². The number of hydrogen-bond donors (Lipinski definition) is 1. The Labute approximate surface area is 82.7 Å². The van der Waals surface area contributed by atoms with Crippen molar-refractivity contribution in [1.29, 1.82) is 0 Å². The van der Waals surface area contributed by atoms with Crippen LogP contribution in [0.4, 0.5) is 5.69 Å². The van der Waals surface area contributed by atoms with E-state index in [9.17, 15) is 4.79 Å². The summed E-state index contributed by atoms with van der Waals surface area (Å²) in [5.74, 6) is 0.0283. The molecule has 0 aliphatic carbocycles. The maximum absolute atomic E-state index is 10.4. The van der Waals surface area contributed by atoms with Gasteiger partial charge in [-0.1, -0.05) is 24.6 Å². The van der Waals surface area contributed by atoms with Gasteiger partial charge < -0.3 is 10.5 Å². The van der Waals surface area contributed by atoms with Crippen molar-refractivity contribution in [1.82, 2.24) is 0 Å². The molecular weight excluding hydrogens is 186 g/mol. The van der Waals surface area contributed by atoms with Gasteiger partial charge in [-0.3, -0.25) is 0 Å². The minimum Gasteiger partial charge on any atom is -0.398 e. The number of nitrogen functional groups attached to an aromatic ring is 1. The average Bonchev–Trinajstić information content (AvgIpc) is 2.11. The number of carbonyl (C=O) groups is 1. The Morgan fingerprint density at radius 3 is 2.85 bits per heavy atom. The molecule has 13 heavy (non-hydrogen) atoms. The van der Waals surface area contributed by atoms with Gasteiger partial charge in [0.1, 0.15) is 6.29 Å². The highest BCUT2D eigenvalue weighted by Crippen LogP contribution is 2.20. The van der Waals surface area contributed by atoms with Gasteiger partial charge in [0.2, 0.25) is 0 Å². The van der Waals surface area contributed by atoms with Crippen molar-refractivity contribution < 1.29 is 4.79 Å². The monoisotopic (exact) mass is 197 g/mol. The summed E-state index contributed by atoms with van der Waals surface area (Å²) in [5, 5.41) is 0.558.